The van der Waals surface area contributed by atoms with Crippen LogP contribution in [0.25, 0.3) is 6.08 Å². The number of hydrogen-bond donors (Lipinski definition) is 3. The number of amides is 3. The van der Waals surface area contributed by atoms with Gasteiger partial charge in [-0.2, -0.15) is 0 Å². The lowest BCUT2D eigenvalue weighted by Gasteiger charge is -2.18. The van der Waals surface area contributed by atoms with Crippen molar-refractivity contribution < 1.29 is 14.3 Å². The normalized spacial score (nSPS) is 12.3. The molecule has 7 heteroatoms. The molecule has 0 aliphatic carbocycles. The van der Waals surface area contributed by atoms with Gasteiger partial charge >= 0.3 is 6.03 Å². The first-order valence-corrected chi connectivity index (χ1v) is 7.96. The van der Waals surface area contributed by atoms with E-state index in [1.54, 1.807) is 48.5 Å². The minimum Gasteiger partial charge on any atom is -0.488 e. The summed E-state index contributed by atoms with van der Waals surface area (Å²) in [6, 6.07) is 11.8. The van der Waals surface area contributed by atoms with Crippen molar-refractivity contribution in [2.24, 2.45) is 0 Å². The highest BCUT2D eigenvalue weighted by Crippen LogP contribution is 2.29. The number of fused-ring (bicyclic) bond motifs is 1. The smallest absolute Gasteiger partial charge is 0.318 e. The molecular formula is C18H16ClN3O3. The molecule has 2 aromatic rings. The Morgan fingerprint density at radius 1 is 1.08 bits per heavy atom. The third kappa shape index (κ3) is 4.10. The molecule has 3 amide bonds. The number of anilines is 2. The molecule has 0 saturated carbocycles. The zero-order chi connectivity index (χ0) is 17.8. The van der Waals surface area contributed by atoms with Gasteiger partial charge in [0.2, 0.25) is 0 Å². The van der Waals surface area contributed by atoms with E-state index in [0.717, 1.165) is 5.56 Å². The number of urea groups is 1. The van der Waals surface area contributed by atoms with Crippen LogP contribution in [0.1, 0.15) is 5.56 Å². The van der Waals surface area contributed by atoms with Gasteiger partial charge < -0.3 is 20.7 Å². The van der Waals surface area contributed by atoms with Crippen molar-refractivity contribution in [2.75, 3.05) is 24.3 Å². The fraction of sp³-hybridized carbons (Fsp3) is 0.111. The fourth-order valence-corrected chi connectivity index (χ4v) is 2.54. The molecule has 25 heavy (non-hydrogen) atoms. The number of hydrogen-bond acceptors (Lipinski definition) is 3. The predicted octanol–water partition coefficient (Wildman–Crippen LogP) is 3.51. The minimum atomic E-state index is -0.333. The molecule has 0 unspecified atom stereocenters. The van der Waals surface area contributed by atoms with Gasteiger partial charge in [0, 0.05) is 29.0 Å². The summed E-state index contributed by atoms with van der Waals surface area (Å²) in [6.45, 7) is 0.177. The molecule has 1 aliphatic rings. The average Bonchev–Trinajstić information content (AvgIpc) is 2.61. The second-order valence-electron chi connectivity index (χ2n) is 5.38. The SMILES string of the molecule is CNC(=O)Nc1cccc(NC(=O)C2=Cc3cc(Cl)ccc3OC2)c1. The zero-order valence-electron chi connectivity index (χ0n) is 13.4. The average molecular weight is 358 g/mol. The van der Waals surface area contributed by atoms with Gasteiger partial charge in [-0.1, -0.05) is 17.7 Å². The number of rotatable bonds is 3. The Bertz CT molecular complexity index is 864. The highest BCUT2D eigenvalue weighted by molar-refractivity contribution is 6.30. The highest BCUT2D eigenvalue weighted by atomic mass is 35.5. The molecule has 128 valence electrons. The predicted molar refractivity (Wildman–Crippen MR) is 98.1 cm³/mol. The van der Waals surface area contributed by atoms with Crippen molar-refractivity contribution in [1.29, 1.82) is 0 Å². The molecule has 0 fully saturated rings. The van der Waals surface area contributed by atoms with Gasteiger partial charge in [-0.15, -0.1) is 0 Å². The van der Waals surface area contributed by atoms with E-state index in [1.165, 1.54) is 7.05 Å². The largest absolute Gasteiger partial charge is 0.488 e. The van der Waals surface area contributed by atoms with Crippen LogP contribution in [0.2, 0.25) is 5.02 Å². The van der Waals surface area contributed by atoms with E-state index in [9.17, 15) is 9.59 Å². The Morgan fingerprint density at radius 3 is 2.60 bits per heavy atom. The molecule has 0 saturated heterocycles. The Kier molecular flexibility index (Phi) is 4.90. The maximum atomic E-state index is 12.5. The van der Waals surface area contributed by atoms with Crippen LogP contribution >= 0.6 is 11.6 Å². The number of carbonyl (C=O) groups is 2. The van der Waals surface area contributed by atoms with Gasteiger partial charge in [-0.3, -0.25) is 4.79 Å². The van der Waals surface area contributed by atoms with Crippen LogP contribution in [0.4, 0.5) is 16.2 Å². The van der Waals surface area contributed by atoms with E-state index in [2.05, 4.69) is 16.0 Å². The second kappa shape index (κ2) is 7.27. The van der Waals surface area contributed by atoms with Gasteiger partial charge in [0.05, 0.1) is 5.57 Å². The van der Waals surface area contributed by atoms with Crippen molar-refractivity contribution in [3.05, 3.63) is 58.6 Å². The van der Waals surface area contributed by atoms with E-state index in [1.807, 2.05) is 0 Å². The monoisotopic (exact) mass is 357 g/mol. The van der Waals surface area contributed by atoms with Crippen molar-refractivity contribution in [1.82, 2.24) is 5.32 Å². The number of halogens is 1. The van der Waals surface area contributed by atoms with Crippen LogP contribution in [0, 0.1) is 0 Å². The summed E-state index contributed by atoms with van der Waals surface area (Å²) in [5, 5.41) is 8.49. The lowest BCUT2D eigenvalue weighted by Crippen LogP contribution is -2.24. The van der Waals surface area contributed by atoms with Crippen molar-refractivity contribution >= 4 is 41.0 Å². The Morgan fingerprint density at radius 2 is 1.84 bits per heavy atom. The quantitative estimate of drug-likeness (QED) is 0.786. The van der Waals surface area contributed by atoms with Gasteiger partial charge in [-0.25, -0.2) is 4.79 Å². The summed E-state index contributed by atoms with van der Waals surface area (Å²) in [5.74, 6) is 0.417. The molecule has 2 aromatic carbocycles. The molecule has 1 aliphatic heterocycles. The molecular weight excluding hydrogens is 342 g/mol. The highest BCUT2D eigenvalue weighted by Gasteiger charge is 2.17. The summed E-state index contributed by atoms with van der Waals surface area (Å²) >= 11 is 5.98. The van der Waals surface area contributed by atoms with E-state index in [-0.39, 0.29) is 18.5 Å². The number of benzene rings is 2. The summed E-state index contributed by atoms with van der Waals surface area (Å²) in [6.07, 6.45) is 1.76. The number of carbonyl (C=O) groups excluding carboxylic acids is 2. The second-order valence-corrected chi connectivity index (χ2v) is 5.82. The van der Waals surface area contributed by atoms with E-state index >= 15 is 0 Å². The molecule has 3 rings (SSSR count). The molecule has 0 radical (unpaired) electrons. The van der Waals surface area contributed by atoms with E-state index < -0.39 is 0 Å². The van der Waals surface area contributed by atoms with Crippen LogP contribution < -0.4 is 20.7 Å². The molecule has 0 bridgehead atoms. The lowest BCUT2D eigenvalue weighted by atomic mass is 10.1. The molecule has 3 N–H and O–H groups in total. The summed E-state index contributed by atoms with van der Waals surface area (Å²) < 4.78 is 5.59. The van der Waals surface area contributed by atoms with E-state index in [4.69, 9.17) is 16.3 Å². The maximum absolute atomic E-state index is 12.5. The third-order valence-corrected chi connectivity index (χ3v) is 3.82. The minimum absolute atomic E-state index is 0.177. The molecule has 0 spiro atoms. The fourth-order valence-electron chi connectivity index (χ4n) is 2.36. The van der Waals surface area contributed by atoms with Gasteiger partial charge in [0.25, 0.3) is 5.91 Å². The zero-order valence-corrected chi connectivity index (χ0v) is 14.2. The van der Waals surface area contributed by atoms with Crippen LogP contribution in [0.3, 0.4) is 0 Å². The topological polar surface area (TPSA) is 79.5 Å². The van der Waals surface area contributed by atoms with Gasteiger partial charge in [0.15, 0.2) is 0 Å². The summed E-state index contributed by atoms with van der Waals surface area (Å²) in [4.78, 5) is 23.8. The van der Waals surface area contributed by atoms with Crippen molar-refractivity contribution in [2.45, 2.75) is 0 Å². The van der Waals surface area contributed by atoms with Gasteiger partial charge in [0.1, 0.15) is 12.4 Å². The van der Waals surface area contributed by atoms with Crippen LogP contribution in [-0.4, -0.2) is 25.6 Å². The maximum Gasteiger partial charge on any atom is 0.318 e. The molecule has 0 atom stereocenters. The Balaban J connectivity index is 1.74. The Labute approximate surface area is 149 Å². The lowest BCUT2D eigenvalue weighted by molar-refractivity contribution is -0.113. The molecule has 0 aromatic heterocycles. The number of ether oxygens (including phenoxy) is 1. The molecule has 1 heterocycles. The molecule has 6 nitrogen and oxygen atoms in total. The Hall–Kier alpha value is -2.99. The van der Waals surface area contributed by atoms with Gasteiger partial charge in [-0.05, 0) is 42.5 Å². The van der Waals surface area contributed by atoms with Crippen molar-refractivity contribution in [3.63, 3.8) is 0 Å². The first-order chi connectivity index (χ1) is 12.0. The van der Waals surface area contributed by atoms with Crippen LogP contribution in [0.15, 0.2) is 48.0 Å². The number of nitrogens with one attached hydrogen (secondary N) is 3. The summed E-state index contributed by atoms with van der Waals surface area (Å²) in [7, 11) is 1.53. The van der Waals surface area contributed by atoms with Crippen LogP contribution in [0.5, 0.6) is 5.75 Å². The third-order valence-electron chi connectivity index (χ3n) is 3.58. The standard InChI is InChI=1S/C18H16ClN3O3/c1-20-18(24)22-15-4-2-3-14(9-15)21-17(23)12-7-11-8-13(19)5-6-16(11)25-10-12/h2-9H,10H2,1H3,(H,21,23)(H2,20,22,24). The van der Waals surface area contributed by atoms with Crippen LogP contribution in [-0.2, 0) is 4.79 Å². The first kappa shape index (κ1) is 16.9. The first-order valence-electron chi connectivity index (χ1n) is 7.58. The van der Waals surface area contributed by atoms with Crippen molar-refractivity contribution in [3.8, 4) is 5.75 Å². The summed E-state index contributed by atoms with van der Waals surface area (Å²) in [5.41, 5.74) is 2.39. The van der Waals surface area contributed by atoms with E-state index in [0.29, 0.717) is 27.7 Å².